The molecule has 0 aliphatic rings. The first kappa shape index (κ1) is 13.8. The fraction of sp³-hybridized carbons (Fsp3) is 0.214. The van der Waals surface area contributed by atoms with Crippen LogP contribution in [0.5, 0.6) is 0 Å². The van der Waals surface area contributed by atoms with Gasteiger partial charge in [0, 0.05) is 18.9 Å². The van der Waals surface area contributed by atoms with Crippen LogP contribution in [-0.4, -0.2) is 28.0 Å². The number of aryl methyl sites for hydroxylation is 1. The molecule has 0 saturated heterocycles. The lowest BCUT2D eigenvalue weighted by Gasteiger charge is -2.05. The first-order valence-electron chi connectivity index (χ1n) is 6.16. The Labute approximate surface area is 116 Å². The number of carbonyl (C=O) groups is 2. The second kappa shape index (κ2) is 6.01. The van der Waals surface area contributed by atoms with Gasteiger partial charge in [-0.25, -0.2) is 9.78 Å². The number of carbonyl (C=O) groups excluding carboxylic acids is 2. The van der Waals surface area contributed by atoms with Crippen LogP contribution in [0.15, 0.2) is 36.8 Å². The van der Waals surface area contributed by atoms with Crippen molar-refractivity contribution in [2.24, 2.45) is 7.05 Å². The molecule has 2 rings (SSSR count). The lowest BCUT2D eigenvalue weighted by atomic mass is 10.2. The number of anilines is 1. The molecule has 1 heterocycles. The van der Waals surface area contributed by atoms with E-state index in [4.69, 9.17) is 4.74 Å². The third-order valence-electron chi connectivity index (χ3n) is 2.59. The van der Waals surface area contributed by atoms with Gasteiger partial charge < -0.3 is 14.6 Å². The second-order valence-electron chi connectivity index (χ2n) is 4.18. The first-order chi connectivity index (χ1) is 9.60. The summed E-state index contributed by atoms with van der Waals surface area (Å²) in [6.45, 7) is 2.08. The van der Waals surface area contributed by atoms with Crippen molar-refractivity contribution >= 4 is 17.6 Å². The van der Waals surface area contributed by atoms with Crippen molar-refractivity contribution < 1.29 is 14.3 Å². The molecule has 104 valence electrons. The average molecular weight is 273 g/mol. The van der Waals surface area contributed by atoms with Crippen molar-refractivity contribution in [3.8, 4) is 0 Å². The zero-order valence-corrected chi connectivity index (χ0v) is 11.3. The van der Waals surface area contributed by atoms with Gasteiger partial charge in [-0.1, -0.05) is 0 Å². The van der Waals surface area contributed by atoms with E-state index in [1.807, 2.05) is 0 Å². The molecule has 0 atom stereocenters. The molecule has 1 aromatic heterocycles. The molecule has 0 aliphatic carbocycles. The minimum absolute atomic E-state index is 0.297. The number of rotatable bonds is 4. The molecule has 0 fully saturated rings. The fourth-order valence-electron chi connectivity index (χ4n) is 1.63. The Morgan fingerprint density at radius 3 is 2.55 bits per heavy atom. The third-order valence-corrected chi connectivity index (χ3v) is 2.59. The Kier molecular flexibility index (Phi) is 4.14. The summed E-state index contributed by atoms with van der Waals surface area (Å²) in [6.07, 6.45) is 3.18. The quantitative estimate of drug-likeness (QED) is 0.863. The maximum Gasteiger partial charge on any atom is 0.338 e. The Morgan fingerprint density at radius 2 is 2.00 bits per heavy atom. The lowest BCUT2D eigenvalue weighted by molar-refractivity contribution is 0.0526. The normalized spacial score (nSPS) is 10.1. The van der Waals surface area contributed by atoms with Gasteiger partial charge in [0.1, 0.15) is 5.69 Å². The predicted octanol–water partition coefficient (Wildman–Crippen LogP) is 1.85. The van der Waals surface area contributed by atoms with E-state index in [0.29, 0.717) is 23.6 Å². The van der Waals surface area contributed by atoms with Gasteiger partial charge in [-0.3, -0.25) is 4.79 Å². The van der Waals surface area contributed by atoms with Crippen LogP contribution in [0.25, 0.3) is 0 Å². The minimum atomic E-state index is -0.380. The van der Waals surface area contributed by atoms with E-state index < -0.39 is 0 Å². The summed E-state index contributed by atoms with van der Waals surface area (Å²) >= 11 is 0. The van der Waals surface area contributed by atoms with Crippen LogP contribution in [0, 0.1) is 0 Å². The molecule has 6 nitrogen and oxygen atoms in total. The van der Waals surface area contributed by atoms with E-state index in [1.165, 1.54) is 0 Å². The van der Waals surface area contributed by atoms with Gasteiger partial charge in [-0.05, 0) is 31.2 Å². The maximum atomic E-state index is 11.9. The van der Waals surface area contributed by atoms with Gasteiger partial charge >= 0.3 is 5.97 Å². The lowest BCUT2D eigenvalue weighted by Crippen LogP contribution is -2.12. The largest absolute Gasteiger partial charge is 0.462 e. The molecule has 0 unspecified atom stereocenters. The molecule has 0 spiro atoms. The number of ether oxygens (including phenoxy) is 1. The molecule has 6 heteroatoms. The molecule has 1 N–H and O–H groups in total. The van der Waals surface area contributed by atoms with Gasteiger partial charge in [-0.2, -0.15) is 0 Å². The van der Waals surface area contributed by atoms with E-state index >= 15 is 0 Å². The van der Waals surface area contributed by atoms with Crippen molar-refractivity contribution in [1.82, 2.24) is 9.55 Å². The molecule has 0 aliphatic heterocycles. The zero-order valence-electron chi connectivity index (χ0n) is 11.3. The summed E-state index contributed by atoms with van der Waals surface area (Å²) in [6, 6.07) is 6.50. The molecule has 1 aromatic carbocycles. The number of esters is 1. The van der Waals surface area contributed by atoms with Gasteiger partial charge in [0.15, 0.2) is 0 Å². The second-order valence-corrected chi connectivity index (χ2v) is 4.18. The van der Waals surface area contributed by atoms with Crippen molar-refractivity contribution in [1.29, 1.82) is 0 Å². The highest BCUT2D eigenvalue weighted by atomic mass is 16.5. The maximum absolute atomic E-state index is 11.9. The van der Waals surface area contributed by atoms with Crippen LogP contribution < -0.4 is 5.32 Å². The first-order valence-corrected chi connectivity index (χ1v) is 6.16. The molecule has 2 aromatic rings. The summed E-state index contributed by atoms with van der Waals surface area (Å²) < 4.78 is 6.58. The molecular formula is C14H15N3O3. The molecule has 0 saturated carbocycles. The molecule has 0 bridgehead atoms. The number of aromatic nitrogens is 2. The van der Waals surface area contributed by atoms with E-state index in [1.54, 1.807) is 55.3 Å². The molecule has 0 radical (unpaired) electrons. The van der Waals surface area contributed by atoms with Gasteiger partial charge in [0.2, 0.25) is 0 Å². The van der Waals surface area contributed by atoms with Crippen molar-refractivity contribution in [2.75, 3.05) is 11.9 Å². The molecular weight excluding hydrogens is 258 g/mol. The predicted molar refractivity (Wildman–Crippen MR) is 73.6 cm³/mol. The Hall–Kier alpha value is -2.63. The Bertz CT molecular complexity index is 617. The third kappa shape index (κ3) is 3.23. The number of imidazole rings is 1. The highest BCUT2D eigenvalue weighted by Gasteiger charge is 2.10. The highest BCUT2D eigenvalue weighted by molar-refractivity contribution is 6.03. The van der Waals surface area contributed by atoms with Crippen LogP contribution in [0.4, 0.5) is 5.69 Å². The van der Waals surface area contributed by atoms with Gasteiger partial charge in [-0.15, -0.1) is 0 Å². The fourth-order valence-corrected chi connectivity index (χ4v) is 1.63. The summed E-state index contributed by atoms with van der Waals surface area (Å²) in [7, 11) is 1.79. The molecule has 20 heavy (non-hydrogen) atoms. The average Bonchev–Trinajstić information content (AvgIpc) is 2.86. The van der Waals surface area contributed by atoms with E-state index in [0.717, 1.165) is 0 Å². The van der Waals surface area contributed by atoms with Crippen molar-refractivity contribution in [3.05, 3.63) is 48.0 Å². The van der Waals surface area contributed by atoms with Gasteiger partial charge in [0.25, 0.3) is 5.91 Å². The van der Waals surface area contributed by atoms with Crippen LogP contribution in [0.1, 0.15) is 27.8 Å². The summed E-state index contributed by atoms with van der Waals surface area (Å²) in [5.41, 5.74) is 1.37. The monoisotopic (exact) mass is 273 g/mol. The molecule has 1 amide bonds. The van der Waals surface area contributed by atoms with E-state index in [9.17, 15) is 9.59 Å². The standard InChI is InChI=1S/C14H15N3O3/c1-3-20-14(19)10-4-6-11(7-5-10)16-13(18)12-8-17(2)9-15-12/h4-9H,3H2,1-2H3,(H,16,18). The number of amides is 1. The topological polar surface area (TPSA) is 73.2 Å². The van der Waals surface area contributed by atoms with Crippen molar-refractivity contribution in [3.63, 3.8) is 0 Å². The highest BCUT2D eigenvalue weighted by Crippen LogP contribution is 2.11. The number of benzene rings is 1. The van der Waals surface area contributed by atoms with Crippen molar-refractivity contribution in [2.45, 2.75) is 6.92 Å². The summed E-state index contributed by atoms with van der Waals surface area (Å²) in [4.78, 5) is 27.3. The van der Waals surface area contributed by atoms with E-state index in [-0.39, 0.29) is 11.9 Å². The Balaban J connectivity index is 2.04. The van der Waals surface area contributed by atoms with E-state index in [2.05, 4.69) is 10.3 Å². The zero-order chi connectivity index (χ0) is 14.5. The number of nitrogens with one attached hydrogen (secondary N) is 1. The minimum Gasteiger partial charge on any atom is -0.462 e. The summed E-state index contributed by atoms with van der Waals surface area (Å²) in [5.74, 6) is -0.676. The van der Waals surface area contributed by atoms with Crippen LogP contribution in [0.2, 0.25) is 0 Å². The Morgan fingerprint density at radius 1 is 1.30 bits per heavy atom. The number of hydrogen-bond acceptors (Lipinski definition) is 4. The van der Waals surface area contributed by atoms with Gasteiger partial charge in [0.05, 0.1) is 18.5 Å². The van der Waals surface area contributed by atoms with Crippen LogP contribution >= 0.6 is 0 Å². The number of hydrogen-bond donors (Lipinski definition) is 1. The smallest absolute Gasteiger partial charge is 0.338 e. The SMILES string of the molecule is CCOC(=O)c1ccc(NC(=O)c2cn(C)cn2)cc1. The van der Waals surface area contributed by atoms with Crippen LogP contribution in [-0.2, 0) is 11.8 Å². The number of nitrogens with zero attached hydrogens (tertiary/aromatic N) is 2. The summed E-state index contributed by atoms with van der Waals surface area (Å²) in [5, 5.41) is 2.70. The van der Waals surface area contributed by atoms with Crippen LogP contribution in [0.3, 0.4) is 0 Å².